The standard InChI is InChI=1S/C12H16FNO2/c1-9(8-12(15)16)14-7-6-10-2-4-11(13)5-3-10/h2-5,9,14H,6-8H2,1H3,(H,15,16). The van der Waals surface area contributed by atoms with Crippen molar-refractivity contribution in [1.82, 2.24) is 5.32 Å². The van der Waals surface area contributed by atoms with Gasteiger partial charge in [0, 0.05) is 6.04 Å². The second-order valence-corrected chi connectivity index (χ2v) is 3.83. The minimum absolute atomic E-state index is 0.0436. The summed E-state index contributed by atoms with van der Waals surface area (Å²) >= 11 is 0. The number of carbonyl (C=O) groups is 1. The highest BCUT2D eigenvalue weighted by atomic mass is 19.1. The molecule has 0 aromatic heterocycles. The molecule has 1 unspecified atom stereocenters. The van der Waals surface area contributed by atoms with Gasteiger partial charge in [0.25, 0.3) is 0 Å². The Morgan fingerprint density at radius 1 is 1.44 bits per heavy atom. The molecular weight excluding hydrogens is 209 g/mol. The van der Waals surface area contributed by atoms with Crippen LogP contribution >= 0.6 is 0 Å². The Bertz CT molecular complexity index is 337. The molecule has 2 N–H and O–H groups in total. The molecule has 0 heterocycles. The first-order chi connectivity index (χ1) is 7.58. The van der Waals surface area contributed by atoms with Crippen LogP contribution in [0, 0.1) is 5.82 Å². The van der Waals surface area contributed by atoms with Gasteiger partial charge < -0.3 is 10.4 Å². The van der Waals surface area contributed by atoms with Gasteiger partial charge in [-0.3, -0.25) is 4.79 Å². The van der Waals surface area contributed by atoms with E-state index < -0.39 is 5.97 Å². The second kappa shape index (κ2) is 6.23. The maximum absolute atomic E-state index is 12.6. The molecule has 0 radical (unpaired) electrons. The Labute approximate surface area is 94.3 Å². The molecular formula is C12H16FNO2. The molecule has 3 nitrogen and oxygen atoms in total. The third-order valence-electron chi connectivity index (χ3n) is 2.30. The molecule has 16 heavy (non-hydrogen) atoms. The number of rotatable bonds is 6. The first-order valence-electron chi connectivity index (χ1n) is 5.27. The number of aliphatic carboxylic acids is 1. The zero-order chi connectivity index (χ0) is 12.0. The van der Waals surface area contributed by atoms with Crippen molar-refractivity contribution in [2.75, 3.05) is 6.54 Å². The van der Waals surface area contributed by atoms with E-state index in [1.54, 1.807) is 12.1 Å². The molecule has 0 amide bonds. The Morgan fingerprint density at radius 2 is 2.06 bits per heavy atom. The largest absolute Gasteiger partial charge is 0.481 e. The number of halogens is 1. The van der Waals surface area contributed by atoms with Crippen LogP contribution in [-0.4, -0.2) is 23.7 Å². The van der Waals surface area contributed by atoms with Gasteiger partial charge in [-0.1, -0.05) is 12.1 Å². The molecule has 0 spiro atoms. The van der Waals surface area contributed by atoms with Gasteiger partial charge >= 0.3 is 5.97 Å². The van der Waals surface area contributed by atoms with Gasteiger partial charge in [-0.2, -0.15) is 0 Å². The van der Waals surface area contributed by atoms with Gasteiger partial charge in [0.2, 0.25) is 0 Å². The van der Waals surface area contributed by atoms with Crippen LogP contribution in [0.5, 0.6) is 0 Å². The number of carboxylic acids is 1. The fourth-order valence-electron chi connectivity index (χ4n) is 1.45. The summed E-state index contributed by atoms with van der Waals surface area (Å²) < 4.78 is 12.6. The Balaban J connectivity index is 2.25. The molecule has 0 aliphatic heterocycles. The first-order valence-corrected chi connectivity index (χ1v) is 5.27. The summed E-state index contributed by atoms with van der Waals surface area (Å²) in [4.78, 5) is 10.4. The maximum Gasteiger partial charge on any atom is 0.304 e. The Kier molecular flexibility index (Phi) is 4.92. The fourth-order valence-corrected chi connectivity index (χ4v) is 1.45. The maximum atomic E-state index is 12.6. The van der Waals surface area contributed by atoms with Gasteiger partial charge in [0.1, 0.15) is 5.82 Å². The number of benzene rings is 1. The molecule has 0 aliphatic carbocycles. The third kappa shape index (κ3) is 4.89. The van der Waals surface area contributed by atoms with Crippen LogP contribution in [0.15, 0.2) is 24.3 Å². The molecule has 1 aromatic rings. The van der Waals surface area contributed by atoms with Gasteiger partial charge in [-0.05, 0) is 37.6 Å². The molecule has 0 saturated carbocycles. The molecule has 1 aromatic carbocycles. The van der Waals surface area contributed by atoms with E-state index >= 15 is 0 Å². The van der Waals surface area contributed by atoms with E-state index in [1.165, 1.54) is 12.1 Å². The van der Waals surface area contributed by atoms with E-state index in [-0.39, 0.29) is 18.3 Å². The van der Waals surface area contributed by atoms with Gasteiger partial charge in [-0.15, -0.1) is 0 Å². The first kappa shape index (κ1) is 12.6. The van der Waals surface area contributed by atoms with Crippen LogP contribution in [0.25, 0.3) is 0 Å². The third-order valence-corrected chi connectivity index (χ3v) is 2.30. The summed E-state index contributed by atoms with van der Waals surface area (Å²) in [5.41, 5.74) is 1.04. The van der Waals surface area contributed by atoms with Crippen molar-refractivity contribution in [3.8, 4) is 0 Å². The fraction of sp³-hybridized carbons (Fsp3) is 0.417. The highest BCUT2D eigenvalue weighted by Gasteiger charge is 2.05. The van der Waals surface area contributed by atoms with Crippen LogP contribution in [0.3, 0.4) is 0 Å². The molecule has 0 saturated heterocycles. The molecule has 88 valence electrons. The van der Waals surface area contributed by atoms with Crippen LogP contribution in [0.2, 0.25) is 0 Å². The molecule has 0 fully saturated rings. The van der Waals surface area contributed by atoms with Crippen molar-refractivity contribution < 1.29 is 14.3 Å². The molecule has 1 rings (SSSR count). The number of nitrogens with one attached hydrogen (secondary N) is 1. The van der Waals surface area contributed by atoms with E-state index in [1.807, 2.05) is 6.92 Å². The topological polar surface area (TPSA) is 49.3 Å². The Hall–Kier alpha value is -1.42. The van der Waals surface area contributed by atoms with Crippen molar-refractivity contribution in [3.05, 3.63) is 35.6 Å². The summed E-state index contributed by atoms with van der Waals surface area (Å²) in [5.74, 6) is -1.04. The quantitative estimate of drug-likeness (QED) is 0.776. The molecule has 0 aliphatic rings. The van der Waals surface area contributed by atoms with E-state index in [0.717, 1.165) is 12.0 Å². The van der Waals surface area contributed by atoms with Crippen molar-refractivity contribution in [2.45, 2.75) is 25.8 Å². The van der Waals surface area contributed by atoms with Crippen LogP contribution in [0.1, 0.15) is 18.9 Å². The lowest BCUT2D eigenvalue weighted by Gasteiger charge is -2.11. The minimum Gasteiger partial charge on any atom is -0.481 e. The van der Waals surface area contributed by atoms with Crippen molar-refractivity contribution in [3.63, 3.8) is 0 Å². The molecule has 1 atom stereocenters. The summed E-state index contributed by atoms with van der Waals surface area (Å²) in [6, 6.07) is 6.28. The zero-order valence-electron chi connectivity index (χ0n) is 9.24. The molecule has 0 bridgehead atoms. The highest BCUT2D eigenvalue weighted by molar-refractivity contribution is 5.67. The SMILES string of the molecule is CC(CC(=O)O)NCCc1ccc(F)cc1. The highest BCUT2D eigenvalue weighted by Crippen LogP contribution is 2.03. The number of hydrogen-bond donors (Lipinski definition) is 2. The van der Waals surface area contributed by atoms with Crippen molar-refractivity contribution >= 4 is 5.97 Å². The monoisotopic (exact) mass is 225 g/mol. The lowest BCUT2D eigenvalue weighted by molar-refractivity contribution is -0.137. The van der Waals surface area contributed by atoms with E-state index in [2.05, 4.69) is 5.32 Å². The number of carboxylic acid groups (broad SMARTS) is 1. The lowest BCUT2D eigenvalue weighted by atomic mass is 10.1. The van der Waals surface area contributed by atoms with Crippen molar-refractivity contribution in [2.24, 2.45) is 0 Å². The Morgan fingerprint density at radius 3 is 2.62 bits per heavy atom. The van der Waals surface area contributed by atoms with Crippen LogP contribution in [-0.2, 0) is 11.2 Å². The average Bonchev–Trinajstić information content (AvgIpc) is 2.20. The lowest BCUT2D eigenvalue weighted by Crippen LogP contribution is -2.30. The smallest absolute Gasteiger partial charge is 0.304 e. The van der Waals surface area contributed by atoms with Gasteiger partial charge in [0.05, 0.1) is 6.42 Å². The second-order valence-electron chi connectivity index (χ2n) is 3.83. The van der Waals surface area contributed by atoms with E-state index in [4.69, 9.17) is 5.11 Å². The minimum atomic E-state index is -0.804. The summed E-state index contributed by atoms with van der Waals surface area (Å²) in [6.45, 7) is 2.53. The van der Waals surface area contributed by atoms with Gasteiger partial charge in [0.15, 0.2) is 0 Å². The predicted molar refractivity (Wildman–Crippen MR) is 59.8 cm³/mol. The predicted octanol–water partition coefficient (Wildman–Crippen LogP) is 1.82. The summed E-state index contributed by atoms with van der Waals surface area (Å²) in [6.07, 6.45) is 0.883. The average molecular weight is 225 g/mol. The zero-order valence-corrected chi connectivity index (χ0v) is 9.24. The van der Waals surface area contributed by atoms with E-state index in [9.17, 15) is 9.18 Å². The van der Waals surface area contributed by atoms with Crippen molar-refractivity contribution in [1.29, 1.82) is 0 Å². The van der Waals surface area contributed by atoms with E-state index in [0.29, 0.717) is 6.54 Å². The van der Waals surface area contributed by atoms with Gasteiger partial charge in [-0.25, -0.2) is 4.39 Å². The normalized spacial score (nSPS) is 12.4. The van der Waals surface area contributed by atoms with Crippen LogP contribution < -0.4 is 5.32 Å². The molecule has 4 heteroatoms. The van der Waals surface area contributed by atoms with Crippen LogP contribution in [0.4, 0.5) is 4.39 Å². The number of hydrogen-bond acceptors (Lipinski definition) is 2. The summed E-state index contributed by atoms with van der Waals surface area (Å²) in [5, 5.41) is 11.7. The summed E-state index contributed by atoms with van der Waals surface area (Å²) in [7, 11) is 0.